The molecule has 5 rings (SSSR count). The molecule has 3 aromatic rings. The van der Waals surface area contributed by atoms with Gasteiger partial charge < -0.3 is 20.2 Å². The summed E-state index contributed by atoms with van der Waals surface area (Å²) in [4.78, 5) is 18.0. The number of nitrogens with zero attached hydrogens (tertiary/aromatic N) is 1. The van der Waals surface area contributed by atoms with E-state index in [-0.39, 0.29) is 11.9 Å². The molecule has 1 amide bonds. The van der Waals surface area contributed by atoms with Crippen LogP contribution in [0.25, 0.3) is 10.9 Å². The fourth-order valence-electron chi connectivity index (χ4n) is 5.40. The fourth-order valence-corrected chi connectivity index (χ4v) is 5.40. The van der Waals surface area contributed by atoms with E-state index in [1.807, 2.05) is 6.20 Å². The minimum Gasteiger partial charge on any atom is -0.490 e. The summed E-state index contributed by atoms with van der Waals surface area (Å²) in [5.74, 6) is 0.710. The predicted molar refractivity (Wildman–Crippen MR) is 135 cm³/mol. The number of aromatic amines is 1. The number of nitrogens with one attached hydrogen (secondary N) is 1. The lowest BCUT2D eigenvalue weighted by atomic mass is 9.87. The minimum absolute atomic E-state index is 0.174. The van der Waals surface area contributed by atoms with E-state index in [9.17, 15) is 9.18 Å². The van der Waals surface area contributed by atoms with Crippen molar-refractivity contribution in [3.8, 4) is 11.5 Å². The number of H-pyrrole nitrogens is 1. The van der Waals surface area contributed by atoms with E-state index in [1.165, 1.54) is 25.3 Å². The number of carbonyl (C=O) groups excluding carboxylic acids is 1. The fraction of sp³-hybridized carbons (Fsp3) is 0.464. The van der Waals surface area contributed by atoms with Crippen LogP contribution in [0.2, 0.25) is 0 Å². The molecule has 1 atom stereocenters. The van der Waals surface area contributed by atoms with E-state index in [1.54, 1.807) is 24.3 Å². The van der Waals surface area contributed by atoms with Crippen molar-refractivity contribution in [2.24, 2.45) is 5.73 Å². The van der Waals surface area contributed by atoms with Crippen LogP contribution in [-0.2, 0) is 12.8 Å². The zero-order valence-corrected chi connectivity index (χ0v) is 20.3. The highest BCUT2D eigenvalue weighted by molar-refractivity contribution is 5.95. The molecule has 2 heterocycles. The SMILES string of the molecule is CCCOc1ccc(C(N)=O)c2c1OCC(N(CCCc1c[nH]c3ccc(F)cc13)C1CCC1)C2. The molecule has 0 spiro atoms. The van der Waals surface area contributed by atoms with E-state index < -0.39 is 5.91 Å². The highest BCUT2D eigenvalue weighted by Gasteiger charge is 2.35. The summed E-state index contributed by atoms with van der Waals surface area (Å²) in [6.07, 6.45) is 9.06. The second-order valence-electron chi connectivity index (χ2n) is 9.73. The number of amides is 1. The van der Waals surface area contributed by atoms with Crippen LogP contribution in [0.15, 0.2) is 36.5 Å². The standard InChI is InChI=1S/C28H34FN3O3/c1-2-13-34-26-11-9-22(28(30)33)24-15-21(17-35-27(24)26)32(20-6-3-7-20)12-4-5-18-16-31-25-10-8-19(29)14-23(18)25/h8-11,14,16,20-21,31H,2-7,12-13,15,17H2,1H3,(H2,30,33). The van der Waals surface area contributed by atoms with E-state index in [0.29, 0.717) is 42.7 Å². The van der Waals surface area contributed by atoms with Crippen molar-refractivity contribution in [3.63, 3.8) is 0 Å². The molecule has 3 N–H and O–H groups in total. The number of aromatic nitrogens is 1. The number of hydrogen-bond donors (Lipinski definition) is 2. The third-order valence-corrected chi connectivity index (χ3v) is 7.42. The van der Waals surface area contributed by atoms with Crippen LogP contribution in [0.1, 0.15) is 60.5 Å². The molecule has 0 bridgehead atoms. The molecule has 1 fully saturated rings. The van der Waals surface area contributed by atoms with Crippen LogP contribution in [0.4, 0.5) is 4.39 Å². The van der Waals surface area contributed by atoms with Crippen LogP contribution in [0, 0.1) is 5.82 Å². The number of carbonyl (C=O) groups is 1. The Morgan fingerprint density at radius 3 is 2.86 bits per heavy atom. The Labute approximate surface area is 205 Å². The number of benzene rings is 2. The maximum absolute atomic E-state index is 13.8. The van der Waals surface area contributed by atoms with Gasteiger partial charge in [0.25, 0.3) is 0 Å². The zero-order chi connectivity index (χ0) is 24.4. The predicted octanol–water partition coefficient (Wildman–Crippen LogP) is 4.99. The van der Waals surface area contributed by atoms with Gasteiger partial charge in [-0.2, -0.15) is 0 Å². The molecule has 1 saturated carbocycles. The summed E-state index contributed by atoms with van der Waals surface area (Å²) in [5, 5.41) is 0.959. The van der Waals surface area contributed by atoms with Crippen molar-refractivity contribution < 1.29 is 18.7 Å². The molecule has 1 unspecified atom stereocenters. The topological polar surface area (TPSA) is 80.6 Å². The minimum atomic E-state index is -0.436. The molecular formula is C28H34FN3O3. The van der Waals surface area contributed by atoms with Crippen LogP contribution < -0.4 is 15.2 Å². The van der Waals surface area contributed by atoms with Gasteiger partial charge in [0.1, 0.15) is 12.4 Å². The molecule has 0 radical (unpaired) electrons. The third-order valence-electron chi connectivity index (χ3n) is 7.42. The lowest BCUT2D eigenvalue weighted by molar-refractivity contribution is 0.0423. The van der Waals surface area contributed by atoms with Gasteiger partial charge in [-0.1, -0.05) is 13.3 Å². The van der Waals surface area contributed by atoms with Crippen molar-refractivity contribution >= 4 is 16.8 Å². The lowest BCUT2D eigenvalue weighted by Crippen LogP contribution is -2.51. The van der Waals surface area contributed by atoms with Crippen molar-refractivity contribution in [1.82, 2.24) is 9.88 Å². The lowest BCUT2D eigenvalue weighted by Gasteiger charge is -2.44. The Bertz CT molecular complexity index is 1200. The largest absolute Gasteiger partial charge is 0.490 e. The average molecular weight is 480 g/mol. The molecule has 2 aromatic carbocycles. The quantitative estimate of drug-likeness (QED) is 0.430. The number of aryl methyl sites for hydroxylation is 1. The Morgan fingerprint density at radius 2 is 2.11 bits per heavy atom. The number of ether oxygens (including phenoxy) is 2. The van der Waals surface area contributed by atoms with E-state index in [0.717, 1.165) is 47.8 Å². The summed E-state index contributed by atoms with van der Waals surface area (Å²) in [6.45, 7) is 4.14. The third kappa shape index (κ3) is 4.87. The van der Waals surface area contributed by atoms with Gasteiger partial charge in [0.2, 0.25) is 5.91 Å². The van der Waals surface area contributed by atoms with Gasteiger partial charge in [-0.05, 0) is 81.0 Å². The molecule has 35 heavy (non-hydrogen) atoms. The van der Waals surface area contributed by atoms with Crippen LogP contribution in [0.5, 0.6) is 11.5 Å². The zero-order valence-electron chi connectivity index (χ0n) is 20.3. The number of primary amides is 1. The van der Waals surface area contributed by atoms with Crippen molar-refractivity contribution in [1.29, 1.82) is 0 Å². The maximum atomic E-state index is 13.8. The number of fused-ring (bicyclic) bond motifs is 2. The smallest absolute Gasteiger partial charge is 0.249 e. The summed E-state index contributed by atoms with van der Waals surface area (Å²) < 4.78 is 25.9. The average Bonchev–Trinajstić information content (AvgIpc) is 3.22. The van der Waals surface area contributed by atoms with Crippen LogP contribution in [0.3, 0.4) is 0 Å². The second-order valence-corrected chi connectivity index (χ2v) is 9.73. The molecule has 1 aromatic heterocycles. The summed E-state index contributed by atoms with van der Waals surface area (Å²) in [7, 11) is 0. The first-order valence-corrected chi connectivity index (χ1v) is 12.8. The first-order valence-electron chi connectivity index (χ1n) is 12.8. The monoisotopic (exact) mass is 479 g/mol. The van der Waals surface area contributed by atoms with Gasteiger partial charge in [0.15, 0.2) is 11.5 Å². The van der Waals surface area contributed by atoms with Gasteiger partial charge in [-0.25, -0.2) is 4.39 Å². The van der Waals surface area contributed by atoms with Crippen LogP contribution >= 0.6 is 0 Å². The molecule has 1 aliphatic heterocycles. The Morgan fingerprint density at radius 1 is 1.26 bits per heavy atom. The summed E-state index contributed by atoms with van der Waals surface area (Å²) in [5.41, 5.74) is 9.21. The van der Waals surface area contributed by atoms with Gasteiger partial charge >= 0.3 is 0 Å². The van der Waals surface area contributed by atoms with E-state index >= 15 is 0 Å². The molecular weight excluding hydrogens is 445 g/mol. The van der Waals surface area contributed by atoms with E-state index in [4.69, 9.17) is 15.2 Å². The van der Waals surface area contributed by atoms with Gasteiger partial charge in [0, 0.05) is 40.3 Å². The normalized spacial score (nSPS) is 17.7. The molecule has 1 aliphatic carbocycles. The first kappa shape index (κ1) is 23.7. The van der Waals surface area contributed by atoms with Crippen molar-refractivity contribution in [2.45, 2.75) is 64.0 Å². The van der Waals surface area contributed by atoms with Gasteiger partial charge in [-0.15, -0.1) is 0 Å². The number of rotatable bonds is 10. The van der Waals surface area contributed by atoms with Crippen molar-refractivity contribution in [3.05, 3.63) is 59.0 Å². The molecule has 0 saturated heterocycles. The van der Waals surface area contributed by atoms with Crippen molar-refractivity contribution in [2.75, 3.05) is 19.8 Å². The highest BCUT2D eigenvalue weighted by Crippen LogP contribution is 2.40. The molecule has 186 valence electrons. The summed E-state index contributed by atoms with van der Waals surface area (Å²) >= 11 is 0. The number of nitrogens with two attached hydrogens (primary N) is 1. The Kier molecular flexibility index (Phi) is 6.95. The van der Waals surface area contributed by atoms with Gasteiger partial charge in [0.05, 0.1) is 6.61 Å². The molecule has 6 nitrogen and oxygen atoms in total. The summed E-state index contributed by atoms with van der Waals surface area (Å²) in [6, 6.07) is 9.15. The second kappa shape index (κ2) is 10.3. The molecule has 7 heteroatoms. The number of hydrogen-bond acceptors (Lipinski definition) is 4. The highest BCUT2D eigenvalue weighted by atomic mass is 19.1. The van der Waals surface area contributed by atoms with Gasteiger partial charge in [-0.3, -0.25) is 9.69 Å². The maximum Gasteiger partial charge on any atom is 0.249 e. The molecule has 2 aliphatic rings. The Balaban J connectivity index is 1.32. The van der Waals surface area contributed by atoms with E-state index in [2.05, 4.69) is 16.8 Å². The number of halogens is 1. The Hall–Kier alpha value is -3.06. The first-order chi connectivity index (χ1) is 17.0. The van der Waals surface area contributed by atoms with Crippen LogP contribution in [-0.4, -0.2) is 47.6 Å².